The molecule has 1 aromatic carbocycles. The Morgan fingerprint density at radius 2 is 1.96 bits per heavy atom. The highest BCUT2D eigenvalue weighted by Crippen LogP contribution is 2.20. The number of amides is 1. The van der Waals surface area contributed by atoms with E-state index in [9.17, 15) is 4.79 Å². The number of rotatable bonds is 5. The lowest BCUT2D eigenvalue weighted by molar-refractivity contribution is 0.0937. The number of nitrogen functional groups attached to an aromatic ring is 1. The van der Waals surface area contributed by atoms with Gasteiger partial charge in [0.2, 0.25) is 0 Å². The number of carbonyl (C=O) groups is 1. The average Bonchev–Trinajstić information content (AvgIpc) is 3.22. The molecule has 3 rings (SSSR count). The maximum atomic E-state index is 12.1. The Hall–Kier alpha value is -3.48. The molecule has 3 aromatic rings. The first-order chi connectivity index (χ1) is 11.5. The summed E-state index contributed by atoms with van der Waals surface area (Å²) in [6.45, 7) is 5.71. The van der Waals surface area contributed by atoms with E-state index in [4.69, 9.17) is 10.2 Å². The van der Waals surface area contributed by atoms with Gasteiger partial charge in [0, 0.05) is 11.8 Å². The molecule has 0 radical (unpaired) electrons. The maximum absolute atomic E-state index is 12.1. The van der Waals surface area contributed by atoms with Gasteiger partial charge in [0.15, 0.2) is 11.5 Å². The third-order valence-corrected chi connectivity index (χ3v) is 3.40. The number of anilines is 1. The molecule has 7 heteroatoms. The van der Waals surface area contributed by atoms with Crippen LogP contribution in [0.4, 0.5) is 5.69 Å². The molecule has 122 valence electrons. The molecule has 0 spiro atoms. The fourth-order valence-electron chi connectivity index (χ4n) is 2.10. The number of aromatic nitrogens is 2. The van der Waals surface area contributed by atoms with Gasteiger partial charge in [0.05, 0.1) is 5.70 Å². The van der Waals surface area contributed by atoms with Gasteiger partial charge in [0.25, 0.3) is 5.91 Å². The van der Waals surface area contributed by atoms with Crippen LogP contribution in [0.25, 0.3) is 17.2 Å². The van der Waals surface area contributed by atoms with Gasteiger partial charge in [-0.25, -0.2) is 0 Å². The van der Waals surface area contributed by atoms with Crippen molar-refractivity contribution in [1.82, 2.24) is 21.0 Å². The van der Waals surface area contributed by atoms with Crippen molar-refractivity contribution in [2.45, 2.75) is 6.92 Å². The minimum Gasteiger partial charge on any atom is -0.460 e. The largest absolute Gasteiger partial charge is 0.460 e. The Morgan fingerprint density at radius 1 is 1.21 bits per heavy atom. The molecule has 0 aliphatic heterocycles. The van der Waals surface area contributed by atoms with E-state index in [2.05, 4.69) is 27.6 Å². The molecule has 1 amide bonds. The number of hydrogen-bond donors (Lipinski definition) is 4. The fourth-order valence-corrected chi connectivity index (χ4v) is 2.10. The van der Waals surface area contributed by atoms with Crippen LogP contribution >= 0.6 is 0 Å². The summed E-state index contributed by atoms with van der Waals surface area (Å²) in [4.78, 5) is 12.1. The second-order valence-corrected chi connectivity index (χ2v) is 5.26. The molecule has 0 aliphatic rings. The zero-order valence-corrected chi connectivity index (χ0v) is 13.1. The highest BCUT2D eigenvalue weighted by atomic mass is 16.3. The van der Waals surface area contributed by atoms with Crippen LogP contribution in [0, 0.1) is 6.92 Å². The summed E-state index contributed by atoms with van der Waals surface area (Å²) < 4.78 is 5.49. The summed E-state index contributed by atoms with van der Waals surface area (Å²) >= 11 is 0. The first kappa shape index (κ1) is 15.4. The topological polar surface area (TPSA) is 109 Å². The Bertz CT molecular complexity index is 877. The summed E-state index contributed by atoms with van der Waals surface area (Å²) in [6.07, 6.45) is 0. The summed E-state index contributed by atoms with van der Waals surface area (Å²) in [5.74, 6) is 1.02. The number of nitrogens with one attached hydrogen (secondary N) is 3. The minimum atomic E-state index is -0.391. The molecule has 2 heterocycles. The van der Waals surface area contributed by atoms with E-state index in [1.165, 1.54) is 0 Å². The van der Waals surface area contributed by atoms with Crippen molar-refractivity contribution >= 4 is 17.3 Å². The lowest BCUT2D eigenvalue weighted by Crippen LogP contribution is -2.36. The second-order valence-electron chi connectivity index (χ2n) is 5.26. The van der Waals surface area contributed by atoms with Gasteiger partial charge in [-0.3, -0.25) is 20.7 Å². The maximum Gasteiger partial charge on any atom is 0.290 e. The van der Waals surface area contributed by atoms with Gasteiger partial charge in [-0.05, 0) is 36.8 Å². The van der Waals surface area contributed by atoms with E-state index in [1.807, 2.05) is 31.2 Å². The summed E-state index contributed by atoms with van der Waals surface area (Å²) in [5.41, 5.74) is 13.8. The molecule has 5 N–H and O–H groups in total. The molecule has 0 bridgehead atoms. The fraction of sp³-hybridized carbons (Fsp3) is 0.0588. The summed E-state index contributed by atoms with van der Waals surface area (Å²) in [5, 5.41) is 6.75. The quantitative estimate of drug-likeness (QED) is 0.426. The van der Waals surface area contributed by atoms with Crippen LogP contribution in [0.5, 0.6) is 0 Å². The molecule has 0 atom stereocenters. The van der Waals surface area contributed by atoms with Crippen LogP contribution in [0.15, 0.2) is 53.5 Å². The number of benzene rings is 1. The van der Waals surface area contributed by atoms with Gasteiger partial charge < -0.3 is 10.2 Å². The number of aromatic amines is 1. The Balaban J connectivity index is 1.62. The zero-order chi connectivity index (χ0) is 17.1. The number of H-pyrrole nitrogens is 1. The molecular weight excluding hydrogens is 306 g/mol. The van der Waals surface area contributed by atoms with Crippen molar-refractivity contribution < 1.29 is 9.21 Å². The predicted octanol–water partition coefficient (Wildman–Crippen LogP) is 2.47. The van der Waals surface area contributed by atoms with Crippen molar-refractivity contribution in [2.24, 2.45) is 0 Å². The van der Waals surface area contributed by atoms with Crippen LogP contribution in [0.1, 0.15) is 21.8 Å². The summed E-state index contributed by atoms with van der Waals surface area (Å²) in [7, 11) is 0. The van der Waals surface area contributed by atoms with E-state index in [1.54, 1.807) is 18.2 Å². The predicted molar refractivity (Wildman–Crippen MR) is 91.5 cm³/mol. The van der Waals surface area contributed by atoms with Crippen LogP contribution in [-0.4, -0.2) is 16.1 Å². The first-order valence-electron chi connectivity index (χ1n) is 7.26. The monoisotopic (exact) mass is 323 g/mol. The standard InChI is InChI=1S/C17H17N5O2/c1-10-3-8-16(24-10)14-9-15(21-20-14)17(23)22-19-11(2)12-4-6-13(18)7-5-12/h3-9,19H,2,18H2,1H3,(H,20,21)(H,22,23). The van der Waals surface area contributed by atoms with Crippen LogP contribution in [0.3, 0.4) is 0 Å². The van der Waals surface area contributed by atoms with Gasteiger partial charge in [-0.2, -0.15) is 5.10 Å². The Labute approximate surface area is 138 Å². The zero-order valence-electron chi connectivity index (χ0n) is 13.1. The highest BCUT2D eigenvalue weighted by molar-refractivity contribution is 5.93. The lowest BCUT2D eigenvalue weighted by Gasteiger charge is -2.10. The van der Waals surface area contributed by atoms with Crippen LogP contribution in [0.2, 0.25) is 0 Å². The highest BCUT2D eigenvalue weighted by Gasteiger charge is 2.13. The number of hydrogen-bond acceptors (Lipinski definition) is 5. The van der Waals surface area contributed by atoms with Gasteiger partial charge in [0.1, 0.15) is 11.5 Å². The van der Waals surface area contributed by atoms with E-state index in [0.29, 0.717) is 22.8 Å². The van der Waals surface area contributed by atoms with E-state index >= 15 is 0 Å². The molecule has 0 aliphatic carbocycles. The van der Waals surface area contributed by atoms with Crippen molar-refractivity contribution in [2.75, 3.05) is 5.73 Å². The summed E-state index contributed by atoms with van der Waals surface area (Å²) in [6, 6.07) is 12.4. The van der Waals surface area contributed by atoms with Gasteiger partial charge in [-0.1, -0.05) is 18.7 Å². The lowest BCUT2D eigenvalue weighted by atomic mass is 10.2. The number of furan rings is 1. The third-order valence-electron chi connectivity index (χ3n) is 3.40. The molecule has 0 unspecified atom stereocenters. The van der Waals surface area contributed by atoms with Gasteiger partial charge in [-0.15, -0.1) is 0 Å². The number of carbonyl (C=O) groups excluding carboxylic acids is 1. The molecule has 0 saturated carbocycles. The number of nitrogens with zero attached hydrogens (tertiary/aromatic N) is 1. The van der Waals surface area contributed by atoms with Gasteiger partial charge >= 0.3 is 0 Å². The van der Waals surface area contributed by atoms with Crippen molar-refractivity contribution in [1.29, 1.82) is 0 Å². The second kappa shape index (κ2) is 6.33. The molecule has 0 fully saturated rings. The minimum absolute atomic E-state index is 0.233. The molecule has 2 aromatic heterocycles. The van der Waals surface area contributed by atoms with Crippen LogP contribution < -0.4 is 16.6 Å². The molecular formula is C17H17N5O2. The van der Waals surface area contributed by atoms with Crippen LogP contribution in [-0.2, 0) is 0 Å². The number of hydrazine groups is 1. The van der Waals surface area contributed by atoms with Crippen molar-refractivity contribution in [3.63, 3.8) is 0 Å². The first-order valence-corrected chi connectivity index (χ1v) is 7.26. The Kier molecular flexibility index (Phi) is 4.07. The smallest absolute Gasteiger partial charge is 0.290 e. The number of nitrogens with two attached hydrogens (primary N) is 1. The Morgan fingerprint density at radius 3 is 2.62 bits per heavy atom. The van der Waals surface area contributed by atoms with Crippen molar-refractivity contribution in [3.8, 4) is 11.5 Å². The normalized spacial score (nSPS) is 10.4. The van der Waals surface area contributed by atoms with E-state index < -0.39 is 5.91 Å². The van der Waals surface area contributed by atoms with Crippen molar-refractivity contribution in [3.05, 3.63) is 66.1 Å². The SMILES string of the molecule is C=C(NNC(=O)c1cc(-c2ccc(C)o2)[nH]n1)c1ccc(N)cc1. The third kappa shape index (κ3) is 3.30. The number of aryl methyl sites for hydroxylation is 1. The average molecular weight is 323 g/mol. The van der Waals surface area contributed by atoms with E-state index in [0.717, 1.165) is 11.3 Å². The molecule has 0 saturated heterocycles. The molecule has 7 nitrogen and oxygen atoms in total. The molecule has 24 heavy (non-hydrogen) atoms. The van der Waals surface area contributed by atoms with E-state index in [-0.39, 0.29) is 5.69 Å².